The lowest BCUT2D eigenvalue weighted by atomic mass is 10.0. The van der Waals surface area contributed by atoms with Crippen LogP contribution in [0, 0.1) is 0 Å². The SMILES string of the molecule is C=CC[C@@H](CC(OCc1ccc(OC)cc1)[C@H](C)OCc1ccccc1)O[Si](C)(C)C(C)(C)C. The van der Waals surface area contributed by atoms with Gasteiger partial charge in [0.1, 0.15) is 5.75 Å². The van der Waals surface area contributed by atoms with E-state index in [0.717, 1.165) is 29.7 Å². The van der Waals surface area contributed by atoms with Gasteiger partial charge in [0.25, 0.3) is 0 Å². The van der Waals surface area contributed by atoms with Crippen LogP contribution < -0.4 is 4.74 Å². The lowest BCUT2D eigenvalue weighted by Gasteiger charge is -2.40. The molecule has 4 nitrogen and oxygen atoms in total. The van der Waals surface area contributed by atoms with Crippen LogP contribution in [0.5, 0.6) is 5.75 Å². The molecule has 0 aliphatic heterocycles. The van der Waals surface area contributed by atoms with Gasteiger partial charge >= 0.3 is 0 Å². The van der Waals surface area contributed by atoms with Crippen LogP contribution in [-0.2, 0) is 27.1 Å². The van der Waals surface area contributed by atoms with Gasteiger partial charge in [0.2, 0.25) is 0 Å². The Morgan fingerprint density at radius 3 is 2.06 bits per heavy atom. The molecule has 2 rings (SSSR count). The molecule has 1 unspecified atom stereocenters. The molecule has 188 valence electrons. The highest BCUT2D eigenvalue weighted by molar-refractivity contribution is 6.74. The summed E-state index contributed by atoms with van der Waals surface area (Å²) in [7, 11) is -0.257. The van der Waals surface area contributed by atoms with Crippen molar-refractivity contribution in [2.45, 2.75) is 90.2 Å². The Hall–Kier alpha value is -1.92. The maximum Gasteiger partial charge on any atom is 0.192 e. The summed E-state index contributed by atoms with van der Waals surface area (Å²) in [6.07, 6.45) is 3.34. The van der Waals surface area contributed by atoms with Crippen molar-refractivity contribution in [3.63, 3.8) is 0 Å². The number of methoxy groups -OCH3 is 1. The van der Waals surface area contributed by atoms with Gasteiger partial charge in [-0.2, -0.15) is 0 Å². The van der Waals surface area contributed by atoms with Gasteiger partial charge in [0.15, 0.2) is 8.32 Å². The van der Waals surface area contributed by atoms with E-state index in [-0.39, 0.29) is 23.4 Å². The Labute approximate surface area is 208 Å². The van der Waals surface area contributed by atoms with Gasteiger partial charge in [0, 0.05) is 6.42 Å². The Bertz CT molecular complexity index is 843. The zero-order valence-corrected chi connectivity index (χ0v) is 23.2. The second-order valence-corrected chi connectivity index (χ2v) is 15.2. The van der Waals surface area contributed by atoms with Crippen LogP contribution in [0.4, 0.5) is 0 Å². The monoisotopic (exact) mass is 484 g/mol. The molecule has 0 aliphatic carbocycles. The molecule has 0 saturated heterocycles. The molecule has 0 aliphatic rings. The largest absolute Gasteiger partial charge is 0.497 e. The van der Waals surface area contributed by atoms with Gasteiger partial charge in [0.05, 0.1) is 38.6 Å². The molecule has 0 aromatic heterocycles. The zero-order valence-electron chi connectivity index (χ0n) is 22.2. The standard InChI is InChI=1S/C29H44O4Si/c1-9-13-27(33-34(7,8)29(3,4)5)20-28(23(2)31-21-24-14-11-10-12-15-24)32-22-25-16-18-26(30-6)19-17-25/h9-12,14-19,23,27-28H,1,13,20-22H2,2-8H3/t23-,27-,28?/m0/s1. The Kier molecular flexibility index (Phi) is 11.0. The maximum atomic E-state index is 6.78. The fourth-order valence-corrected chi connectivity index (χ4v) is 4.84. The predicted octanol–water partition coefficient (Wildman–Crippen LogP) is 7.54. The average Bonchev–Trinajstić information content (AvgIpc) is 2.80. The van der Waals surface area contributed by atoms with Crippen LogP contribution in [0.15, 0.2) is 67.3 Å². The molecule has 2 aromatic carbocycles. The number of hydrogen-bond donors (Lipinski definition) is 0. The van der Waals surface area contributed by atoms with Crippen molar-refractivity contribution in [3.8, 4) is 5.75 Å². The van der Waals surface area contributed by atoms with Crippen molar-refractivity contribution in [2.75, 3.05) is 7.11 Å². The topological polar surface area (TPSA) is 36.9 Å². The molecule has 0 N–H and O–H groups in total. The molecule has 0 spiro atoms. The van der Waals surface area contributed by atoms with Gasteiger partial charge in [-0.05, 0) is 54.7 Å². The number of benzene rings is 2. The first kappa shape index (κ1) is 28.3. The molecule has 0 heterocycles. The van der Waals surface area contributed by atoms with E-state index >= 15 is 0 Å². The summed E-state index contributed by atoms with van der Waals surface area (Å²) in [5.41, 5.74) is 2.26. The molecule has 0 amide bonds. The van der Waals surface area contributed by atoms with Crippen LogP contribution in [0.25, 0.3) is 0 Å². The van der Waals surface area contributed by atoms with Crippen molar-refractivity contribution in [3.05, 3.63) is 78.4 Å². The first-order valence-electron chi connectivity index (χ1n) is 12.2. The molecule has 3 atom stereocenters. The van der Waals surface area contributed by atoms with Crippen LogP contribution in [0.2, 0.25) is 18.1 Å². The van der Waals surface area contributed by atoms with E-state index in [2.05, 4.69) is 59.5 Å². The Morgan fingerprint density at radius 2 is 1.50 bits per heavy atom. The van der Waals surface area contributed by atoms with E-state index in [1.54, 1.807) is 7.11 Å². The third kappa shape index (κ3) is 9.03. The maximum absolute atomic E-state index is 6.78. The first-order valence-corrected chi connectivity index (χ1v) is 15.2. The second-order valence-electron chi connectivity index (χ2n) is 10.5. The van der Waals surface area contributed by atoms with Crippen molar-refractivity contribution in [1.82, 2.24) is 0 Å². The van der Waals surface area contributed by atoms with E-state index in [1.807, 2.05) is 48.5 Å². The molecular weight excluding hydrogens is 440 g/mol. The molecule has 0 fully saturated rings. The van der Waals surface area contributed by atoms with Gasteiger partial charge in [-0.1, -0.05) is 69.3 Å². The van der Waals surface area contributed by atoms with Crippen LogP contribution in [-0.4, -0.2) is 33.7 Å². The Balaban J connectivity index is 2.13. The highest BCUT2D eigenvalue weighted by atomic mass is 28.4. The van der Waals surface area contributed by atoms with Crippen molar-refractivity contribution < 1.29 is 18.6 Å². The minimum Gasteiger partial charge on any atom is -0.497 e. The third-order valence-electron chi connectivity index (χ3n) is 6.69. The highest BCUT2D eigenvalue weighted by Crippen LogP contribution is 2.38. The summed E-state index contributed by atoms with van der Waals surface area (Å²) in [6, 6.07) is 18.3. The summed E-state index contributed by atoms with van der Waals surface area (Å²) in [5, 5.41) is 0.140. The third-order valence-corrected chi connectivity index (χ3v) is 11.2. The lowest BCUT2D eigenvalue weighted by molar-refractivity contribution is -0.0916. The van der Waals surface area contributed by atoms with E-state index in [9.17, 15) is 0 Å². The number of ether oxygens (including phenoxy) is 3. The van der Waals surface area contributed by atoms with Crippen molar-refractivity contribution in [2.24, 2.45) is 0 Å². The van der Waals surface area contributed by atoms with Gasteiger partial charge < -0.3 is 18.6 Å². The summed E-state index contributed by atoms with van der Waals surface area (Å²) < 4.78 is 24.8. The van der Waals surface area contributed by atoms with Crippen LogP contribution in [0.3, 0.4) is 0 Å². The van der Waals surface area contributed by atoms with Crippen LogP contribution >= 0.6 is 0 Å². The van der Waals surface area contributed by atoms with E-state index in [0.29, 0.717) is 13.2 Å². The molecule has 34 heavy (non-hydrogen) atoms. The quantitative estimate of drug-likeness (QED) is 0.205. The fraction of sp³-hybridized carbons (Fsp3) is 0.517. The zero-order chi connectivity index (χ0) is 25.2. The average molecular weight is 485 g/mol. The molecule has 0 bridgehead atoms. The highest BCUT2D eigenvalue weighted by Gasteiger charge is 2.39. The summed E-state index contributed by atoms with van der Waals surface area (Å²) in [5.74, 6) is 0.841. The van der Waals surface area contributed by atoms with Crippen molar-refractivity contribution in [1.29, 1.82) is 0 Å². The van der Waals surface area contributed by atoms with Gasteiger partial charge in [-0.3, -0.25) is 0 Å². The molecule has 0 radical (unpaired) electrons. The number of hydrogen-bond acceptors (Lipinski definition) is 4. The first-order chi connectivity index (χ1) is 16.1. The second kappa shape index (κ2) is 13.2. The number of rotatable bonds is 14. The molecule has 0 saturated carbocycles. The summed E-state index contributed by atoms with van der Waals surface area (Å²) >= 11 is 0. The van der Waals surface area contributed by atoms with E-state index in [1.165, 1.54) is 0 Å². The molecule has 2 aromatic rings. The van der Waals surface area contributed by atoms with Gasteiger partial charge in [-0.25, -0.2) is 0 Å². The summed E-state index contributed by atoms with van der Waals surface area (Å²) in [6.45, 7) is 18.6. The molecular formula is C29H44O4Si. The predicted molar refractivity (Wildman–Crippen MR) is 144 cm³/mol. The normalized spacial score (nSPS) is 14.9. The smallest absolute Gasteiger partial charge is 0.192 e. The lowest BCUT2D eigenvalue weighted by Crippen LogP contribution is -2.45. The minimum absolute atomic E-state index is 0.0436. The molecule has 5 heteroatoms. The van der Waals surface area contributed by atoms with E-state index < -0.39 is 8.32 Å². The minimum atomic E-state index is -1.93. The fourth-order valence-electron chi connectivity index (χ4n) is 3.46. The Morgan fingerprint density at radius 1 is 0.912 bits per heavy atom. The van der Waals surface area contributed by atoms with Gasteiger partial charge in [-0.15, -0.1) is 6.58 Å². The van der Waals surface area contributed by atoms with Crippen molar-refractivity contribution >= 4 is 8.32 Å². The van der Waals surface area contributed by atoms with Crippen LogP contribution in [0.1, 0.15) is 51.7 Å². The summed E-state index contributed by atoms with van der Waals surface area (Å²) in [4.78, 5) is 0. The van der Waals surface area contributed by atoms with E-state index in [4.69, 9.17) is 18.6 Å².